The predicted molar refractivity (Wildman–Crippen MR) is 68.0 cm³/mol. The van der Waals surface area contributed by atoms with Gasteiger partial charge in [-0.15, -0.1) is 11.8 Å². The van der Waals surface area contributed by atoms with Crippen LogP contribution in [0.25, 0.3) is 0 Å². The van der Waals surface area contributed by atoms with Gasteiger partial charge >= 0.3 is 0 Å². The summed E-state index contributed by atoms with van der Waals surface area (Å²) in [5, 5.41) is 0. The van der Waals surface area contributed by atoms with Gasteiger partial charge in [-0.25, -0.2) is 0 Å². The quantitative estimate of drug-likeness (QED) is 0.849. The number of thioether (sulfide) groups is 1. The topological polar surface area (TPSA) is 46.3 Å². The molecule has 1 aliphatic rings. The SMILES string of the molecule is CCc1ccc2c(c1)SCCN2C(=O)CN. The molecule has 0 bridgehead atoms. The molecule has 0 fully saturated rings. The number of aryl methyl sites for hydroxylation is 1. The molecule has 0 aliphatic carbocycles. The molecule has 0 atom stereocenters. The summed E-state index contributed by atoms with van der Waals surface area (Å²) in [7, 11) is 0. The Balaban J connectivity index is 2.36. The molecule has 1 aliphatic heterocycles. The molecule has 2 N–H and O–H groups in total. The van der Waals surface area contributed by atoms with Crippen LogP contribution in [0.4, 0.5) is 5.69 Å². The second-order valence-corrected chi connectivity index (χ2v) is 4.89. The number of hydrogen-bond acceptors (Lipinski definition) is 3. The van der Waals surface area contributed by atoms with Crippen LogP contribution in [0, 0.1) is 0 Å². The average Bonchev–Trinajstić information content (AvgIpc) is 2.36. The molecule has 1 amide bonds. The number of carbonyl (C=O) groups is 1. The Morgan fingerprint density at radius 2 is 2.38 bits per heavy atom. The molecule has 0 radical (unpaired) electrons. The second-order valence-electron chi connectivity index (χ2n) is 3.75. The van der Waals surface area contributed by atoms with Crippen molar-refractivity contribution in [2.45, 2.75) is 18.2 Å². The lowest BCUT2D eigenvalue weighted by Crippen LogP contribution is -2.39. The van der Waals surface area contributed by atoms with Gasteiger partial charge in [0.2, 0.25) is 5.91 Å². The molecule has 1 heterocycles. The highest BCUT2D eigenvalue weighted by Crippen LogP contribution is 2.35. The fourth-order valence-corrected chi connectivity index (χ4v) is 2.91. The molecule has 1 aromatic rings. The lowest BCUT2D eigenvalue weighted by molar-refractivity contribution is -0.117. The molecule has 86 valence electrons. The van der Waals surface area contributed by atoms with Crippen molar-refractivity contribution in [3.05, 3.63) is 23.8 Å². The van der Waals surface area contributed by atoms with E-state index in [-0.39, 0.29) is 12.5 Å². The zero-order chi connectivity index (χ0) is 11.5. The van der Waals surface area contributed by atoms with Gasteiger partial charge < -0.3 is 10.6 Å². The maximum Gasteiger partial charge on any atom is 0.240 e. The Morgan fingerprint density at radius 3 is 3.06 bits per heavy atom. The van der Waals surface area contributed by atoms with Crippen LogP contribution in [0.2, 0.25) is 0 Å². The molecule has 16 heavy (non-hydrogen) atoms. The van der Waals surface area contributed by atoms with Gasteiger partial charge in [0.25, 0.3) is 0 Å². The van der Waals surface area contributed by atoms with E-state index in [4.69, 9.17) is 5.73 Å². The van der Waals surface area contributed by atoms with Gasteiger partial charge in [0.1, 0.15) is 0 Å². The summed E-state index contributed by atoms with van der Waals surface area (Å²) in [6, 6.07) is 6.30. The number of rotatable bonds is 2. The Labute approximate surface area is 100.0 Å². The number of nitrogens with two attached hydrogens (primary N) is 1. The zero-order valence-electron chi connectivity index (χ0n) is 9.40. The van der Waals surface area contributed by atoms with Gasteiger partial charge in [-0.1, -0.05) is 13.0 Å². The highest BCUT2D eigenvalue weighted by molar-refractivity contribution is 7.99. The molecule has 2 rings (SSSR count). The van der Waals surface area contributed by atoms with Crippen molar-refractivity contribution in [2.24, 2.45) is 5.73 Å². The first-order chi connectivity index (χ1) is 7.76. The van der Waals surface area contributed by atoms with Crippen molar-refractivity contribution >= 4 is 23.4 Å². The summed E-state index contributed by atoms with van der Waals surface area (Å²) in [5.41, 5.74) is 7.75. The molecule has 0 aromatic heterocycles. The van der Waals surface area contributed by atoms with Gasteiger partial charge in [0, 0.05) is 17.2 Å². The fraction of sp³-hybridized carbons (Fsp3) is 0.417. The number of nitrogens with zero attached hydrogens (tertiary/aromatic N) is 1. The molecule has 1 aromatic carbocycles. The van der Waals surface area contributed by atoms with Crippen LogP contribution in [0.5, 0.6) is 0 Å². The lowest BCUT2D eigenvalue weighted by Gasteiger charge is -2.29. The Kier molecular flexibility index (Phi) is 3.51. The maximum atomic E-state index is 11.7. The van der Waals surface area contributed by atoms with E-state index in [9.17, 15) is 4.79 Å². The number of benzene rings is 1. The summed E-state index contributed by atoms with van der Waals surface area (Å²) in [6.45, 7) is 2.98. The largest absolute Gasteiger partial charge is 0.322 e. The molecule has 0 saturated heterocycles. The Hall–Kier alpha value is -1.00. The second kappa shape index (κ2) is 4.89. The van der Waals surface area contributed by atoms with Crippen LogP contribution in [-0.4, -0.2) is 24.7 Å². The Bertz CT molecular complexity index is 406. The van der Waals surface area contributed by atoms with E-state index < -0.39 is 0 Å². The predicted octanol–water partition coefficient (Wildman–Crippen LogP) is 1.65. The van der Waals surface area contributed by atoms with Gasteiger partial charge in [-0.2, -0.15) is 0 Å². The van der Waals surface area contributed by atoms with Gasteiger partial charge in [-0.3, -0.25) is 4.79 Å². The molecule has 0 saturated carbocycles. The van der Waals surface area contributed by atoms with E-state index in [2.05, 4.69) is 19.1 Å². The van der Waals surface area contributed by atoms with Crippen LogP contribution in [0.15, 0.2) is 23.1 Å². The summed E-state index contributed by atoms with van der Waals surface area (Å²) < 4.78 is 0. The third-order valence-corrected chi connectivity index (χ3v) is 3.80. The van der Waals surface area contributed by atoms with E-state index >= 15 is 0 Å². The lowest BCUT2D eigenvalue weighted by atomic mass is 10.1. The molecular formula is C12H16N2OS. The minimum Gasteiger partial charge on any atom is -0.322 e. The molecule has 0 spiro atoms. The smallest absolute Gasteiger partial charge is 0.240 e. The summed E-state index contributed by atoms with van der Waals surface area (Å²) in [5.74, 6) is 0.956. The molecule has 0 unspecified atom stereocenters. The van der Waals surface area contributed by atoms with Crippen molar-refractivity contribution in [3.63, 3.8) is 0 Å². The van der Waals surface area contributed by atoms with Gasteiger partial charge in [0.15, 0.2) is 0 Å². The van der Waals surface area contributed by atoms with Crippen molar-refractivity contribution in [1.82, 2.24) is 0 Å². The van der Waals surface area contributed by atoms with Gasteiger partial charge in [-0.05, 0) is 24.1 Å². The normalized spacial score (nSPS) is 14.8. The number of fused-ring (bicyclic) bond motifs is 1. The average molecular weight is 236 g/mol. The van der Waals surface area contributed by atoms with Crippen LogP contribution in [0.1, 0.15) is 12.5 Å². The molecule has 3 nitrogen and oxygen atoms in total. The number of anilines is 1. The molecular weight excluding hydrogens is 220 g/mol. The fourth-order valence-electron chi connectivity index (χ4n) is 1.85. The van der Waals surface area contributed by atoms with Crippen LogP contribution >= 0.6 is 11.8 Å². The minimum absolute atomic E-state index is 0.00537. The Morgan fingerprint density at radius 1 is 1.56 bits per heavy atom. The zero-order valence-corrected chi connectivity index (χ0v) is 10.2. The molecule has 4 heteroatoms. The third kappa shape index (κ3) is 2.08. The van der Waals surface area contributed by atoms with Crippen LogP contribution < -0.4 is 10.6 Å². The summed E-state index contributed by atoms with van der Waals surface area (Å²) in [4.78, 5) is 14.7. The summed E-state index contributed by atoms with van der Waals surface area (Å²) in [6.07, 6.45) is 1.03. The monoisotopic (exact) mass is 236 g/mol. The number of carbonyl (C=O) groups excluding carboxylic acids is 1. The van der Waals surface area contributed by atoms with Crippen molar-refractivity contribution in [3.8, 4) is 0 Å². The van der Waals surface area contributed by atoms with Crippen LogP contribution in [-0.2, 0) is 11.2 Å². The third-order valence-electron chi connectivity index (χ3n) is 2.77. The van der Waals surface area contributed by atoms with Crippen molar-refractivity contribution < 1.29 is 4.79 Å². The van der Waals surface area contributed by atoms with Gasteiger partial charge in [0.05, 0.1) is 12.2 Å². The van der Waals surface area contributed by atoms with E-state index in [1.54, 1.807) is 4.90 Å². The van der Waals surface area contributed by atoms with E-state index in [1.807, 2.05) is 17.8 Å². The van der Waals surface area contributed by atoms with E-state index in [0.29, 0.717) is 0 Å². The maximum absolute atomic E-state index is 11.7. The summed E-state index contributed by atoms with van der Waals surface area (Å²) >= 11 is 1.82. The first-order valence-corrected chi connectivity index (χ1v) is 6.51. The highest BCUT2D eigenvalue weighted by atomic mass is 32.2. The van der Waals surface area contributed by atoms with Crippen molar-refractivity contribution in [1.29, 1.82) is 0 Å². The highest BCUT2D eigenvalue weighted by Gasteiger charge is 2.21. The number of amides is 1. The van der Waals surface area contributed by atoms with Crippen LogP contribution in [0.3, 0.4) is 0 Å². The first kappa shape index (κ1) is 11.5. The first-order valence-electron chi connectivity index (χ1n) is 5.52. The van der Waals surface area contributed by atoms with E-state index in [1.165, 1.54) is 10.5 Å². The van der Waals surface area contributed by atoms with Crippen molar-refractivity contribution in [2.75, 3.05) is 23.7 Å². The number of hydrogen-bond donors (Lipinski definition) is 1. The van der Waals surface area contributed by atoms with E-state index in [0.717, 1.165) is 24.4 Å². The standard InChI is InChI=1S/C12H16N2OS/c1-2-9-3-4-10-11(7-9)16-6-5-14(10)12(15)8-13/h3-4,7H,2,5-6,8,13H2,1H3. The minimum atomic E-state index is 0.00537.